The highest BCUT2D eigenvalue weighted by Gasteiger charge is 2.26. The summed E-state index contributed by atoms with van der Waals surface area (Å²) in [5, 5.41) is 0. The number of benzene rings is 1. The minimum atomic E-state index is -0.587. The van der Waals surface area contributed by atoms with E-state index in [4.69, 9.17) is 5.84 Å². The van der Waals surface area contributed by atoms with Crippen molar-refractivity contribution >= 4 is 11.8 Å². The number of hydrogen-bond acceptors (Lipinski definition) is 4. The fraction of sp³-hybridized carbons (Fsp3) is 0.467. The third kappa shape index (κ3) is 4.54. The van der Waals surface area contributed by atoms with Crippen molar-refractivity contribution in [2.75, 3.05) is 26.7 Å². The van der Waals surface area contributed by atoms with Crippen LogP contribution in [0.25, 0.3) is 0 Å². The van der Waals surface area contributed by atoms with Crippen LogP contribution in [0.15, 0.2) is 30.3 Å². The molecule has 0 aromatic heterocycles. The number of carbonyl (C=O) groups is 2. The quantitative estimate of drug-likeness (QED) is 0.436. The molecule has 0 aliphatic rings. The second-order valence-corrected chi connectivity index (χ2v) is 4.80. The number of likely N-dealkylation sites (N-methyl/N-ethyl adjacent to an activating group) is 2. The first-order chi connectivity index (χ1) is 10.0. The van der Waals surface area contributed by atoms with Gasteiger partial charge in [0.15, 0.2) is 0 Å². The molecule has 0 saturated carbocycles. The van der Waals surface area contributed by atoms with Gasteiger partial charge in [0, 0.05) is 13.1 Å². The predicted molar refractivity (Wildman–Crippen MR) is 82.1 cm³/mol. The predicted octanol–water partition coefficient (Wildman–Crippen LogP) is 0.518. The highest BCUT2D eigenvalue weighted by molar-refractivity contribution is 5.84. The van der Waals surface area contributed by atoms with Crippen LogP contribution in [0.1, 0.15) is 25.5 Å². The Morgan fingerprint density at radius 2 is 1.76 bits per heavy atom. The standard InChI is InChI=1S/C15H24N4O2/c1-4-19(5-2)13(20)11-18(3)14(15(21)17-16)12-9-7-6-8-10-12/h6-10,14H,4-5,11,16H2,1-3H3,(H,17,21). The van der Waals surface area contributed by atoms with Crippen molar-refractivity contribution in [3.63, 3.8) is 0 Å². The third-order valence-corrected chi connectivity index (χ3v) is 3.45. The van der Waals surface area contributed by atoms with Crippen molar-refractivity contribution in [3.05, 3.63) is 35.9 Å². The first kappa shape index (κ1) is 17.1. The lowest BCUT2D eigenvalue weighted by Gasteiger charge is -2.28. The third-order valence-electron chi connectivity index (χ3n) is 3.45. The first-order valence-electron chi connectivity index (χ1n) is 7.08. The molecule has 1 aromatic carbocycles. The van der Waals surface area contributed by atoms with E-state index in [2.05, 4.69) is 5.43 Å². The number of hydrazine groups is 1. The molecule has 3 N–H and O–H groups in total. The van der Waals surface area contributed by atoms with Gasteiger partial charge in [0.05, 0.1) is 6.54 Å². The summed E-state index contributed by atoms with van der Waals surface area (Å²) < 4.78 is 0. The van der Waals surface area contributed by atoms with E-state index in [0.717, 1.165) is 5.56 Å². The zero-order chi connectivity index (χ0) is 15.8. The van der Waals surface area contributed by atoms with Gasteiger partial charge in [-0.15, -0.1) is 0 Å². The summed E-state index contributed by atoms with van der Waals surface area (Å²) in [7, 11) is 1.74. The summed E-state index contributed by atoms with van der Waals surface area (Å²) in [6, 6.07) is 8.69. The number of amides is 2. The molecule has 2 amide bonds. The number of nitrogens with two attached hydrogens (primary N) is 1. The Bertz CT molecular complexity index is 460. The molecule has 0 heterocycles. The van der Waals surface area contributed by atoms with Crippen LogP contribution in [-0.2, 0) is 9.59 Å². The minimum absolute atomic E-state index is 0.00625. The molecular weight excluding hydrogens is 268 g/mol. The highest BCUT2D eigenvalue weighted by atomic mass is 16.2. The van der Waals surface area contributed by atoms with Gasteiger partial charge in [-0.2, -0.15) is 0 Å². The molecule has 116 valence electrons. The monoisotopic (exact) mass is 292 g/mol. The van der Waals surface area contributed by atoms with E-state index < -0.39 is 6.04 Å². The molecule has 21 heavy (non-hydrogen) atoms. The van der Waals surface area contributed by atoms with Crippen molar-refractivity contribution < 1.29 is 9.59 Å². The number of nitrogens with one attached hydrogen (secondary N) is 1. The summed E-state index contributed by atoms with van der Waals surface area (Å²) in [4.78, 5) is 27.7. The van der Waals surface area contributed by atoms with Gasteiger partial charge in [0.1, 0.15) is 6.04 Å². The minimum Gasteiger partial charge on any atom is -0.342 e. The molecule has 1 atom stereocenters. The molecule has 0 bridgehead atoms. The lowest BCUT2D eigenvalue weighted by Crippen LogP contribution is -2.46. The molecule has 6 heteroatoms. The topological polar surface area (TPSA) is 78.7 Å². The zero-order valence-corrected chi connectivity index (χ0v) is 12.9. The van der Waals surface area contributed by atoms with Crippen LogP contribution in [0, 0.1) is 0 Å². The number of rotatable bonds is 7. The van der Waals surface area contributed by atoms with Gasteiger partial charge in [-0.25, -0.2) is 5.84 Å². The van der Waals surface area contributed by atoms with Crippen LogP contribution < -0.4 is 11.3 Å². The normalized spacial score (nSPS) is 12.0. The Morgan fingerprint density at radius 1 is 1.19 bits per heavy atom. The van der Waals surface area contributed by atoms with Crippen molar-refractivity contribution in [1.29, 1.82) is 0 Å². The molecule has 0 spiro atoms. The zero-order valence-electron chi connectivity index (χ0n) is 12.9. The number of hydrogen-bond donors (Lipinski definition) is 2. The maximum absolute atomic E-state index is 12.2. The fourth-order valence-corrected chi connectivity index (χ4v) is 2.30. The van der Waals surface area contributed by atoms with E-state index in [0.29, 0.717) is 13.1 Å². The Morgan fingerprint density at radius 3 is 2.24 bits per heavy atom. The Hall–Kier alpha value is -1.92. The van der Waals surface area contributed by atoms with Gasteiger partial charge in [0.25, 0.3) is 5.91 Å². The molecule has 0 aliphatic carbocycles. The average Bonchev–Trinajstić information content (AvgIpc) is 2.49. The SMILES string of the molecule is CCN(CC)C(=O)CN(C)C(C(=O)NN)c1ccccc1. The maximum atomic E-state index is 12.2. The van der Waals surface area contributed by atoms with Gasteiger partial charge in [-0.3, -0.25) is 19.9 Å². The summed E-state index contributed by atoms with van der Waals surface area (Å²) in [5.41, 5.74) is 2.97. The fourth-order valence-electron chi connectivity index (χ4n) is 2.30. The van der Waals surface area contributed by atoms with Gasteiger partial charge in [-0.05, 0) is 26.5 Å². The van der Waals surface area contributed by atoms with Crippen molar-refractivity contribution in [2.45, 2.75) is 19.9 Å². The van der Waals surface area contributed by atoms with Gasteiger partial charge in [0.2, 0.25) is 5.91 Å². The van der Waals surface area contributed by atoms with E-state index in [-0.39, 0.29) is 18.4 Å². The van der Waals surface area contributed by atoms with Crippen LogP contribution in [0.4, 0.5) is 0 Å². The Kier molecular flexibility index (Phi) is 6.84. The van der Waals surface area contributed by atoms with Crippen molar-refractivity contribution in [2.24, 2.45) is 5.84 Å². The lowest BCUT2D eigenvalue weighted by molar-refractivity contribution is -0.134. The van der Waals surface area contributed by atoms with E-state index in [1.165, 1.54) is 0 Å². The molecule has 1 rings (SSSR count). The van der Waals surface area contributed by atoms with E-state index >= 15 is 0 Å². The van der Waals surface area contributed by atoms with E-state index in [1.807, 2.05) is 44.2 Å². The van der Waals surface area contributed by atoms with Gasteiger partial charge < -0.3 is 4.90 Å². The highest BCUT2D eigenvalue weighted by Crippen LogP contribution is 2.19. The average molecular weight is 292 g/mol. The Balaban J connectivity index is 2.89. The smallest absolute Gasteiger partial charge is 0.255 e. The van der Waals surface area contributed by atoms with Crippen molar-refractivity contribution in [1.82, 2.24) is 15.2 Å². The number of carbonyl (C=O) groups excluding carboxylic acids is 2. The van der Waals surface area contributed by atoms with Gasteiger partial charge >= 0.3 is 0 Å². The molecule has 0 fully saturated rings. The molecular formula is C15H24N4O2. The molecule has 1 unspecified atom stereocenters. The molecule has 0 saturated heterocycles. The van der Waals surface area contributed by atoms with E-state index in [1.54, 1.807) is 16.8 Å². The van der Waals surface area contributed by atoms with Crippen LogP contribution in [0.2, 0.25) is 0 Å². The Labute approximate surface area is 125 Å². The second-order valence-electron chi connectivity index (χ2n) is 4.80. The van der Waals surface area contributed by atoms with Crippen LogP contribution in [0.3, 0.4) is 0 Å². The van der Waals surface area contributed by atoms with Crippen LogP contribution >= 0.6 is 0 Å². The summed E-state index contributed by atoms with van der Waals surface area (Å²) in [6.45, 7) is 5.34. The number of nitrogens with zero attached hydrogens (tertiary/aromatic N) is 2. The molecule has 6 nitrogen and oxygen atoms in total. The largest absolute Gasteiger partial charge is 0.342 e. The maximum Gasteiger partial charge on any atom is 0.255 e. The second kappa shape index (κ2) is 8.39. The summed E-state index contributed by atoms with van der Waals surface area (Å²) >= 11 is 0. The molecule has 0 aliphatic heterocycles. The lowest BCUT2D eigenvalue weighted by atomic mass is 10.1. The molecule has 1 aromatic rings. The summed E-state index contributed by atoms with van der Waals surface area (Å²) in [5.74, 6) is 4.93. The first-order valence-corrected chi connectivity index (χ1v) is 7.08. The van der Waals surface area contributed by atoms with Crippen LogP contribution in [-0.4, -0.2) is 48.3 Å². The van der Waals surface area contributed by atoms with Crippen molar-refractivity contribution in [3.8, 4) is 0 Å². The van der Waals surface area contributed by atoms with E-state index in [9.17, 15) is 9.59 Å². The summed E-state index contributed by atoms with van der Waals surface area (Å²) in [6.07, 6.45) is 0. The molecule has 0 radical (unpaired) electrons. The van der Waals surface area contributed by atoms with Crippen LogP contribution in [0.5, 0.6) is 0 Å². The van der Waals surface area contributed by atoms with Gasteiger partial charge in [-0.1, -0.05) is 30.3 Å².